The zero-order valence-electron chi connectivity index (χ0n) is 17.2. The molecule has 1 N–H and O–H groups in total. The van der Waals surface area contributed by atoms with E-state index in [-0.39, 0.29) is 11.3 Å². The Hall–Kier alpha value is -3.39. The van der Waals surface area contributed by atoms with E-state index in [4.69, 9.17) is 0 Å². The Morgan fingerprint density at radius 1 is 0.970 bits per heavy atom. The lowest BCUT2D eigenvalue weighted by atomic mass is 9.94. The third-order valence-electron chi connectivity index (χ3n) is 5.37. The molecular weight excluding hydrogens is 499 g/mol. The van der Waals surface area contributed by atoms with Crippen LogP contribution in [0.15, 0.2) is 82.8 Å². The van der Waals surface area contributed by atoms with E-state index in [1.54, 1.807) is 42.5 Å². The van der Waals surface area contributed by atoms with Crippen LogP contribution in [0.1, 0.15) is 28.3 Å². The summed E-state index contributed by atoms with van der Waals surface area (Å²) in [5, 5.41) is 11.0. The highest BCUT2D eigenvalue weighted by Gasteiger charge is 2.47. The van der Waals surface area contributed by atoms with E-state index in [1.807, 2.05) is 13.0 Å². The number of ketones is 1. The predicted molar refractivity (Wildman–Crippen MR) is 122 cm³/mol. The summed E-state index contributed by atoms with van der Waals surface area (Å²) in [5.41, 5.74) is 0.394. The monoisotopic (exact) mass is 515 g/mol. The molecule has 3 aromatic carbocycles. The molecule has 0 aromatic heterocycles. The molecular formula is C25H17BrF3NO3. The van der Waals surface area contributed by atoms with Gasteiger partial charge in [0.15, 0.2) is 0 Å². The van der Waals surface area contributed by atoms with Gasteiger partial charge in [-0.25, -0.2) is 0 Å². The van der Waals surface area contributed by atoms with Crippen LogP contribution in [-0.2, 0) is 15.8 Å². The second-order valence-corrected chi connectivity index (χ2v) is 8.55. The van der Waals surface area contributed by atoms with Gasteiger partial charge in [-0.1, -0.05) is 64.0 Å². The lowest BCUT2D eigenvalue weighted by molar-refractivity contribution is -0.137. The summed E-state index contributed by atoms with van der Waals surface area (Å²) >= 11 is 3.30. The maximum atomic E-state index is 13.3. The molecule has 1 fully saturated rings. The number of amides is 1. The predicted octanol–water partition coefficient (Wildman–Crippen LogP) is 6.40. The van der Waals surface area contributed by atoms with Crippen molar-refractivity contribution in [3.05, 3.63) is 105 Å². The maximum Gasteiger partial charge on any atom is 0.416 e. The first-order valence-corrected chi connectivity index (χ1v) is 10.7. The fourth-order valence-electron chi connectivity index (χ4n) is 3.85. The number of hydrogen-bond donors (Lipinski definition) is 1. The van der Waals surface area contributed by atoms with Gasteiger partial charge in [0.25, 0.3) is 11.7 Å². The summed E-state index contributed by atoms with van der Waals surface area (Å²) in [6.07, 6.45) is -4.63. The Bertz CT molecular complexity index is 1280. The molecule has 0 bridgehead atoms. The molecule has 1 unspecified atom stereocenters. The zero-order valence-corrected chi connectivity index (χ0v) is 18.8. The first-order chi connectivity index (χ1) is 15.6. The topological polar surface area (TPSA) is 57.6 Å². The minimum Gasteiger partial charge on any atom is -0.507 e. The van der Waals surface area contributed by atoms with E-state index in [0.717, 1.165) is 27.1 Å². The van der Waals surface area contributed by atoms with Gasteiger partial charge in [-0.15, -0.1) is 0 Å². The van der Waals surface area contributed by atoms with Crippen LogP contribution in [0.25, 0.3) is 5.76 Å². The van der Waals surface area contributed by atoms with E-state index in [9.17, 15) is 27.9 Å². The van der Waals surface area contributed by atoms with Crippen LogP contribution < -0.4 is 4.90 Å². The highest BCUT2D eigenvalue weighted by Crippen LogP contribution is 2.43. The van der Waals surface area contributed by atoms with Gasteiger partial charge in [0.2, 0.25) is 0 Å². The van der Waals surface area contributed by atoms with Gasteiger partial charge in [-0.2, -0.15) is 13.2 Å². The molecule has 0 radical (unpaired) electrons. The molecule has 0 aliphatic carbocycles. The Kier molecular flexibility index (Phi) is 5.88. The van der Waals surface area contributed by atoms with Crippen LogP contribution >= 0.6 is 15.9 Å². The summed E-state index contributed by atoms with van der Waals surface area (Å²) in [7, 11) is 0. The van der Waals surface area contributed by atoms with Crippen LogP contribution in [0.5, 0.6) is 0 Å². The lowest BCUT2D eigenvalue weighted by Crippen LogP contribution is -2.29. The molecule has 0 saturated carbocycles. The number of aliphatic hydroxyl groups is 1. The number of carbonyl (C=O) groups is 2. The van der Waals surface area contributed by atoms with Gasteiger partial charge in [-0.3, -0.25) is 14.5 Å². The van der Waals surface area contributed by atoms with Gasteiger partial charge in [-0.05, 0) is 42.8 Å². The zero-order chi connectivity index (χ0) is 23.9. The molecule has 33 heavy (non-hydrogen) atoms. The molecule has 8 heteroatoms. The summed E-state index contributed by atoms with van der Waals surface area (Å²) in [6.45, 7) is 1.81. The molecule has 1 aliphatic heterocycles. The number of hydrogen-bond acceptors (Lipinski definition) is 3. The molecule has 1 amide bonds. The Morgan fingerprint density at radius 3 is 2.27 bits per heavy atom. The van der Waals surface area contributed by atoms with Crippen molar-refractivity contribution in [3.63, 3.8) is 0 Å². The van der Waals surface area contributed by atoms with Gasteiger partial charge in [0.1, 0.15) is 5.76 Å². The van der Waals surface area contributed by atoms with Gasteiger partial charge < -0.3 is 5.11 Å². The van der Waals surface area contributed by atoms with Crippen molar-refractivity contribution in [1.82, 2.24) is 0 Å². The number of anilines is 1. The van der Waals surface area contributed by atoms with Crippen molar-refractivity contribution in [2.45, 2.75) is 19.1 Å². The normalized spacial score (nSPS) is 18.1. The molecule has 1 aliphatic rings. The van der Waals surface area contributed by atoms with Crippen molar-refractivity contribution in [2.24, 2.45) is 0 Å². The first kappa shape index (κ1) is 22.8. The van der Waals surface area contributed by atoms with Crippen LogP contribution in [0.4, 0.5) is 18.9 Å². The molecule has 4 rings (SSSR count). The van der Waals surface area contributed by atoms with Crippen LogP contribution in [0.2, 0.25) is 0 Å². The summed E-state index contributed by atoms with van der Waals surface area (Å²) in [4.78, 5) is 27.2. The number of halogens is 4. The fourth-order valence-corrected chi connectivity index (χ4v) is 4.11. The molecule has 1 heterocycles. The summed E-state index contributed by atoms with van der Waals surface area (Å²) in [5.74, 6) is -2.39. The molecule has 1 atom stereocenters. The second kappa shape index (κ2) is 8.51. The fraction of sp³-hybridized carbons (Fsp3) is 0.120. The minimum atomic E-state index is -4.63. The van der Waals surface area contributed by atoms with Crippen LogP contribution in [0, 0.1) is 6.92 Å². The highest BCUT2D eigenvalue weighted by molar-refractivity contribution is 9.10. The number of aliphatic hydroxyl groups excluding tert-OH is 1. The Morgan fingerprint density at radius 2 is 1.64 bits per heavy atom. The third-order valence-corrected chi connectivity index (χ3v) is 5.90. The average molecular weight is 516 g/mol. The number of alkyl halides is 3. The number of benzene rings is 3. The van der Waals surface area contributed by atoms with E-state index in [1.165, 1.54) is 12.1 Å². The molecule has 168 valence electrons. The van der Waals surface area contributed by atoms with Crippen molar-refractivity contribution in [3.8, 4) is 0 Å². The largest absolute Gasteiger partial charge is 0.507 e. The number of nitrogens with zero attached hydrogens (tertiary/aromatic N) is 1. The SMILES string of the molecule is Cc1cccc(C2/C(=C(\O)c3ccc(Br)cc3)C(=O)C(=O)N2c2cccc(C(F)(F)F)c2)c1. The summed E-state index contributed by atoms with van der Waals surface area (Å²) in [6, 6.07) is 16.5. The van der Waals surface area contributed by atoms with Crippen LogP contribution in [0.3, 0.4) is 0 Å². The van der Waals surface area contributed by atoms with Crippen LogP contribution in [-0.4, -0.2) is 16.8 Å². The van der Waals surface area contributed by atoms with E-state index < -0.39 is 35.2 Å². The molecule has 0 spiro atoms. The van der Waals surface area contributed by atoms with E-state index in [0.29, 0.717) is 11.1 Å². The third kappa shape index (κ3) is 4.30. The van der Waals surface area contributed by atoms with Crippen molar-refractivity contribution >= 4 is 39.1 Å². The minimum absolute atomic E-state index is 0.0895. The summed E-state index contributed by atoms with van der Waals surface area (Å²) < 4.78 is 40.8. The Balaban J connectivity index is 1.95. The maximum absolute atomic E-state index is 13.3. The van der Waals surface area contributed by atoms with Crippen molar-refractivity contribution < 1.29 is 27.9 Å². The number of aryl methyl sites for hydroxylation is 1. The number of Topliss-reactive ketones (excluding diaryl/α,β-unsaturated/α-hetero) is 1. The standard InChI is InChI=1S/C25H17BrF3NO3/c1-14-4-2-5-16(12-14)21-20(22(31)15-8-10-18(26)11-9-15)23(32)24(33)30(21)19-7-3-6-17(13-19)25(27,28)29/h2-13,21,31H,1H3/b22-20+. The van der Waals surface area contributed by atoms with E-state index >= 15 is 0 Å². The van der Waals surface area contributed by atoms with Gasteiger partial charge >= 0.3 is 6.18 Å². The lowest BCUT2D eigenvalue weighted by Gasteiger charge is -2.26. The van der Waals surface area contributed by atoms with Crippen molar-refractivity contribution in [1.29, 1.82) is 0 Å². The van der Waals surface area contributed by atoms with E-state index in [2.05, 4.69) is 15.9 Å². The molecule has 1 saturated heterocycles. The highest BCUT2D eigenvalue weighted by atomic mass is 79.9. The smallest absolute Gasteiger partial charge is 0.416 e. The average Bonchev–Trinajstić information content (AvgIpc) is 3.04. The number of rotatable bonds is 3. The molecule has 3 aromatic rings. The second-order valence-electron chi connectivity index (χ2n) is 7.64. The van der Waals surface area contributed by atoms with Gasteiger partial charge in [0.05, 0.1) is 17.2 Å². The van der Waals surface area contributed by atoms with Crippen molar-refractivity contribution in [2.75, 3.05) is 4.90 Å². The quantitative estimate of drug-likeness (QED) is 0.249. The first-order valence-electron chi connectivity index (χ1n) is 9.88. The molecule has 4 nitrogen and oxygen atoms in total. The van der Waals surface area contributed by atoms with Gasteiger partial charge in [0, 0.05) is 15.7 Å². The number of carbonyl (C=O) groups excluding carboxylic acids is 2. The Labute approximate surface area is 196 Å².